The molecule has 284 valence electrons. The minimum absolute atomic E-state index is 0.127. The summed E-state index contributed by atoms with van der Waals surface area (Å²) in [5.74, 6) is 0.267. The zero-order chi connectivity index (χ0) is 39.0. The average molecular weight is 751 g/mol. The summed E-state index contributed by atoms with van der Waals surface area (Å²) in [4.78, 5) is 15.3. The number of hydrazine groups is 1. The number of nitrogens with zero attached hydrogens (tertiary/aromatic N) is 5. The fourth-order valence-corrected chi connectivity index (χ4v) is 8.06. The highest BCUT2D eigenvalue weighted by Gasteiger charge is 2.41. The van der Waals surface area contributed by atoms with Gasteiger partial charge < -0.3 is 10.2 Å². The van der Waals surface area contributed by atoms with Crippen molar-refractivity contribution in [3.63, 3.8) is 0 Å². The number of rotatable bonds is 14. The molecule has 2 heterocycles. The van der Waals surface area contributed by atoms with Gasteiger partial charge in [0.25, 0.3) is 0 Å². The molecule has 1 unspecified atom stereocenters. The fraction of sp³-hybridized carbons (Fsp3) is 0.184. The second-order valence-corrected chi connectivity index (χ2v) is 14.3. The van der Waals surface area contributed by atoms with Gasteiger partial charge in [-0.05, 0) is 63.9 Å². The van der Waals surface area contributed by atoms with Crippen LogP contribution in [0.3, 0.4) is 0 Å². The van der Waals surface area contributed by atoms with Gasteiger partial charge in [-0.25, -0.2) is 9.80 Å². The lowest BCUT2D eigenvalue weighted by Gasteiger charge is -2.34. The smallest absolute Gasteiger partial charge is 0.337 e. The molecular weight excluding hydrogens is 705 g/mol. The Morgan fingerprint density at radius 1 is 0.667 bits per heavy atom. The van der Waals surface area contributed by atoms with Gasteiger partial charge in [-0.15, -0.1) is 15.0 Å². The summed E-state index contributed by atoms with van der Waals surface area (Å²) in [7, 11) is 0. The van der Waals surface area contributed by atoms with Crippen LogP contribution < -0.4 is 5.43 Å². The second-order valence-electron chi connectivity index (χ2n) is 14.3. The van der Waals surface area contributed by atoms with Crippen molar-refractivity contribution in [3.8, 4) is 22.5 Å². The number of benzene rings is 6. The maximum Gasteiger partial charge on any atom is 0.337 e. The standard InChI is InChI=1S/C49H46N6O2/c1-3-33-54-45(35-36-19-9-5-10-20-36)46(48(56)57-4-2)44(51-54)34-37-29-31-38(32-30-37)42-27-17-18-28-43(42)47-50-53-55(52-47)49(39-21-11-6-12-22-39,40-23-13-7-14-24-40)41-25-15-8-16-26-41/h5-32,45,51H,3-4,33-35H2,1-2H3. The molecular formula is C49H46N6O2. The molecule has 0 bridgehead atoms. The van der Waals surface area contributed by atoms with Crippen LogP contribution in [-0.4, -0.2) is 50.4 Å². The number of esters is 1. The van der Waals surface area contributed by atoms with Crippen molar-refractivity contribution in [2.75, 3.05) is 13.2 Å². The minimum Gasteiger partial charge on any atom is -0.463 e. The van der Waals surface area contributed by atoms with Crippen molar-refractivity contribution in [1.29, 1.82) is 0 Å². The molecule has 57 heavy (non-hydrogen) atoms. The molecule has 1 aliphatic rings. The van der Waals surface area contributed by atoms with Crippen molar-refractivity contribution < 1.29 is 9.53 Å². The van der Waals surface area contributed by atoms with E-state index in [1.165, 1.54) is 5.56 Å². The third-order valence-electron chi connectivity index (χ3n) is 10.6. The Balaban J connectivity index is 1.14. The molecule has 8 heteroatoms. The van der Waals surface area contributed by atoms with E-state index < -0.39 is 5.54 Å². The number of carbonyl (C=O) groups is 1. The third-order valence-corrected chi connectivity index (χ3v) is 10.6. The summed E-state index contributed by atoms with van der Waals surface area (Å²) in [5.41, 5.74) is 12.6. The zero-order valence-electron chi connectivity index (χ0n) is 32.3. The molecule has 6 aromatic carbocycles. The number of carbonyl (C=O) groups excluding carboxylic acids is 1. The number of ether oxygens (including phenoxy) is 1. The molecule has 1 aliphatic heterocycles. The van der Waals surface area contributed by atoms with Crippen molar-refractivity contribution in [3.05, 3.63) is 209 Å². The topological polar surface area (TPSA) is 85.2 Å². The molecule has 8 nitrogen and oxygen atoms in total. The first kappa shape index (κ1) is 37.3. The molecule has 7 aromatic rings. The van der Waals surface area contributed by atoms with Crippen LogP contribution >= 0.6 is 0 Å². The first-order valence-corrected chi connectivity index (χ1v) is 19.7. The van der Waals surface area contributed by atoms with Gasteiger partial charge in [-0.1, -0.05) is 177 Å². The maximum absolute atomic E-state index is 13.5. The highest BCUT2D eigenvalue weighted by molar-refractivity contribution is 5.91. The molecule has 1 atom stereocenters. The summed E-state index contributed by atoms with van der Waals surface area (Å²) in [6, 6.07) is 58.0. The van der Waals surface area contributed by atoms with Gasteiger partial charge in [0.15, 0.2) is 5.54 Å². The van der Waals surface area contributed by atoms with Crippen LogP contribution in [0.5, 0.6) is 0 Å². The van der Waals surface area contributed by atoms with Gasteiger partial charge in [0.1, 0.15) is 0 Å². The number of hydrogen-bond donors (Lipinski definition) is 1. The van der Waals surface area contributed by atoms with Gasteiger partial charge in [0, 0.05) is 24.2 Å². The van der Waals surface area contributed by atoms with Crippen LogP contribution in [0.15, 0.2) is 181 Å². The van der Waals surface area contributed by atoms with E-state index >= 15 is 0 Å². The van der Waals surface area contributed by atoms with Gasteiger partial charge >= 0.3 is 5.97 Å². The van der Waals surface area contributed by atoms with Crippen LogP contribution in [0.1, 0.15) is 48.1 Å². The summed E-state index contributed by atoms with van der Waals surface area (Å²) < 4.78 is 5.64. The van der Waals surface area contributed by atoms with Gasteiger partial charge in [0.2, 0.25) is 5.82 Å². The molecule has 0 saturated carbocycles. The summed E-state index contributed by atoms with van der Waals surface area (Å²) in [6.45, 7) is 5.14. The molecule has 0 fully saturated rings. The van der Waals surface area contributed by atoms with E-state index in [0.29, 0.717) is 30.8 Å². The lowest BCUT2D eigenvalue weighted by atomic mass is 9.77. The SMILES string of the molecule is CCCN1NC(Cc2ccc(-c3ccccc3-c3nnn(C(c4ccccc4)(c4ccccc4)c4ccccc4)n3)cc2)=C(C(=O)OCC)C1Cc1ccccc1. The van der Waals surface area contributed by atoms with Crippen molar-refractivity contribution in [2.45, 2.75) is 44.7 Å². The fourth-order valence-electron chi connectivity index (χ4n) is 8.06. The zero-order valence-corrected chi connectivity index (χ0v) is 32.3. The molecule has 1 N–H and O–H groups in total. The van der Waals surface area contributed by atoms with Crippen LogP contribution in [0.4, 0.5) is 0 Å². The van der Waals surface area contributed by atoms with Gasteiger partial charge in [-0.2, -0.15) is 0 Å². The lowest BCUT2D eigenvalue weighted by Crippen LogP contribution is -2.42. The Hall–Kier alpha value is -6.64. The van der Waals surface area contributed by atoms with Crippen LogP contribution in [-0.2, 0) is 27.9 Å². The molecule has 0 aliphatic carbocycles. The Kier molecular flexibility index (Phi) is 11.1. The first-order valence-electron chi connectivity index (χ1n) is 19.7. The molecule has 1 aromatic heterocycles. The quantitative estimate of drug-likeness (QED) is 0.0878. The van der Waals surface area contributed by atoms with E-state index in [0.717, 1.165) is 57.6 Å². The van der Waals surface area contributed by atoms with Crippen molar-refractivity contribution >= 4 is 5.97 Å². The number of hydrogen-bond acceptors (Lipinski definition) is 7. The summed E-state index contributed by atoms with van der Waals surface area (Å²) in [5, 5.41) is 16.9. The minimum atomic E-state index is -0.871. The highest BCUT2D eigenvalue weighted by atomic mass is 16.5. The van der Waals surface area contributed by atoms with Crippen LogP contribution in [0, 0.1) is 0 Å². The number of nitrogens with one attached hydrogen (secondary N) is 1. The molecule has 0 spiro atoms. The molecule has 0 saturated heterocycles. The van der Waals surface area contributed by atoms with E-state index in [4.69, 9.17) is 20.1 Å². The first-order chi connectivity index (χ1) is 28.1. The second kappa shape index (κ2) is 17.0. The average Bonchev–Trinajstić information content (AvgIpc) is 3.88. The monoisotopic (exact) mass is 750 g/mol. The van der Waals surface area contributed by atoms with Crippen LogP contribution in [0.2, 0.25) is 0 Å². The largest absolute Gasteiger partial charge is 0.463 e. The number of tetrazole rings is 1. The Labute approximate surface area is 334 Å². The Morgan fingerprint density at radius 3 is 1.77 bits per heavy atom. The van der Waals surface area contributed by atoms with Gasteiger partial charge in [0.05, 0.1) is 18.2 Å². The molecule has 8 rings (SSSR count). The third kappa shape index (κ3) is 7.52. The highest BCUT2D eigenvalue weighted by Crippen LogP contribution is 2.40. The van der Waals surface area contributed by atoms with E-state index in [9.17, 15) is 4.79 Å². The maximum atomic E-state index is 13.5. The van der Waals surface area contributed by atoms with E-state index in [-0.39, 0.29) is 12.0 Å². The van der Waals surface area contributed by atoms with E-state index in [1.807, 2.05) is 97.9 Å². The summed E-state index contributed by atoms with van der Waals surface area (Å²) >= 11 is 0. The number of allylic oxidation sites excluding steroid dienone is 1. The molecule has 0 amide bonds. The van der Waals surface area contributed by atoms with Gasteiger partial charge in [-0.3, -0.25) is 0 Å². The van der Waals surface area contributed by atoms with E-state index in [1.54, 1.807) is 4.80 Å². The summed E-state index contributed by atoms with van der Waals surface area (Å²) in [6.07, 6.45) is 2.23. The van der Waals surface area contributed by atoms with Crippen molar-refractivity contribution in [2.24, 2.45) is 0 Å². The number of aromatic nitrogens is 4. The molecule has 0 radical (unpaired) electrons. The lowest BCUT2D eigenvalue weighted by molar-refractivity contribution is -0.139. The Bertz CT molecular complexity index is 2330. The normalized spacial score (nSPS) is 14.4. The Morgan fingerprint density at radius 2 is 1.21 bits per heavy atom. The van der Waals surface area contributed by atoms with Crippen molar-refractivity contribution in [1.82, 2.24) is 30.6 Å². The predicted molar refractivity (Wildman–Crippen MR) is 225 cm³/mol. The predicted octanol–water partition coefficient (Wildman–Crippen LogP) is 9.05. The van der Waals surface area contributed by atoms with Crippen LogP contribution in [0.25, 0.3) is 22.5 Å². The van der Waals surface area contributed by atoms with E-state index in [2.05, 4.69) is 96.2 Å².